The van der Waals surface area contributed by atoms with E-state index in [1.165, 1.54) is 0 Å². The average molecular weight is 380 g/mol. The first-order valence-corrected chi connectivity index (χ1v) is 9.15. The highest BCUT2D eigenvalue weighted by Crippen LogP contribution is 2.18. The molecule has 2 N–H and O–H groups in total. The Hall–Kier alpha value is -1.79. The first kappa shape index (κ1) is 19.5. The van der Waals surface area contributed by atoms with Crippen LogP contribution in [0.15, 0.2) is 39.7 Å². The zero-order valence-electron chi connectivity index (χ0n) is 13.9. The van der Waals surface area contributed by atoms with E-state index in [1.54, 1.807) is 24.4 Å². The molecule has 0 radical (unpaired) electrons. The summed E-state index contributed by atoms with van der Waals surface area (Å²) in [5.74, 6) is -0.247. The molecule has 0 spiro atoms. The molecule has 1 aromatic rings. The van der Waals surface area contributed by atoms with Gasteiger partial charge in [0.25, 0.3) is 11.8 Å². The maximum absolute atomic E-state index is 12.1. The van der Waals surface area contributed by atoms with Crippen LogP contribution in [-0.2, 0) is 4.79 Å². The molecule has 2 rings (SSSR count). The van der Waals surface area contributed by atoms with Gasteiger partial charge in [0.05, 0.1) is 11.1 Å². The molecule has 0 saturated carbocycles. The largest absolute Gasteiger partial charge is 0.352 e. The molecular formula is C18H22ClN3O2S. The number of aliphatic imine (C=N–C) groups is 1. The van der Waals surface area contributed by atoms with E-state index in [0.717, 1.165) is 32.2 Å². The zero-order valence-corrected chi connectivity index (χ0v) is 15.6. The number of dihydropyridines is 1. The van der Waals surface area contributed by atoms with Crippen molar-refractivity contribution in [2.24, 2.45) is 4.99 Å². The summed E-state index contributed by atoms with van der Waals surface area (Å²) in [6.45, 7) is 1.95. The van der Waals surface area contributed by atoms with E-state index in [2.05, 4.69) is 28.3 Å². The Labute approximate surface area is 158 Å². The number of amides is 2. The van der Waals surface area contributed by atoms with Gasteiger partial charge in [-0.3, -0.25) is 14.6 Å². The third-order valence-corrected chi connectivity index (χ3v) is 4.37. The lowest BCUT2D eigenvalue weighted by Gasteiger charge is -2.09. The second-order valence-electron chi connectivity index (χ2n) is 5.72. The minimum absolute atomic E-state index is 0.0704. The Morgan fingerprint density at radius 3 is 2.52 bits per heavy atom. The van der Waals surface area contributed by atoms with Gasteiger partial charge in [-0.15, -0.1) is 12.6 Å². The molecule has 0 bridgehead atoms. The van der Waals surface area contributed by atoms with Gasteiger partial charge >= 0.3 is 0 Å². The van der Waals surface area contributed by atoms with E-state index in [0.29, 0.717) is 34.1 Å². The topological polar surface area (TPSA) is 70.6 Å². The number of nitrogens with zero attached hydrogens (tertiary/aromatic N) is 1. The van der Waals surface area contributed by atoms with Crippen LogP contribution >= 0.6 is 24.2 Å². The summed E-state index contributed by atoms with van der Waals surface area (Å²) in [5.41, 5.74) is 1.12. The highest BCUT2D eigenvalue weighted by molar-refractivity contribution is 7.80. The fraction of sp³-hybridized carbons (Fsp3) is 0.389. The average Bonchev–Trinajstić information content (AvgIpc) is 2.63. The van der Waals surface area contributed by atoms with E-state index < -0.39 is 0 Å². The highest BCUT2D eigenvalue weighted by atomic mass is 35.5. The zero-order chi connectivity index (χ0) is 18.1. The lowest BCUT2D eigenvalue weighted by molar-refractivity contribution is -0.117. The van der Waals surface area contributed by atoms with Crippen LogP contribution in [0, 0.1) is 0 Å². The van der Waals surface area contributed by atoms with Crippen molar-refractivity contribution in [1.82, 2.24) is 10.6 Å². The van der Waals surface area contributed by atoms with Crippen LogP contribution in [0.1, 0.15) is 36.0 Å². The normalized spacial score (nSPS) is 13.3. The number of hydrogen-bond acceptors (Lipinski definition) is 4. The maximum atomic E-state index is 12.1. The fourth-order valence-electron chi connectivity index (χ4n) is 2.38. The SMILES string of the molecule is O=C(NCCCCCNC(=O)c1cc(Cl)ccc1S)C1=CCCN=C1. The molecule has 1 aromatic carbocycles. The second-order valence-corrected chi connectivity index (χ2v) is 6.64. The van der Waals surface area contributed by atoms with Crippen molar-refractivity contribution in [1.29, 1.82) is 0 Å². The number of halogens is 1. The summed E-state index contributed by atoms with van der Waals surface area (Å²) in [7, 11) is 0. The number of benzene rings is 1. The monoisotopic (exact) mass is 379 g/mol. The summed E-state index contributed by atoms with van der Waals surface area (Å²) in [5, 5.41) is 6.25. The van der Waals surface area contributed by atoms with E-state index in [9.17, 15) is 9.59 Å². The Morgan fingerprint density at radius 2 is 1.84 bits per heavy atom. The highest BCUT2D eigenvalue weighted by Gasteiger charge is 2.10. The van der Waals surface area contributed by atoms with Crippen molar-refractivity contribution in [3.8, 4) is 0 Å². The molecule has 5 nitrogen and oxygen atoms in total. The van der Waals surface area contributed by atoms with Gasteiger partial charge in [-0.1, -0.05) is 17.7 Å². The predicted molar refractivity (Wildman–Crippen MR) is 104 cm³/mol. The van der Waals surface area contributed by atoms with Crippen molar-refractivity contribution in [3.63, 3.8) is 0 Å². The Morgan fingerprint density at radius 1 is 1.12 bits per heavy atom. The van der Waals surface area contributed by atoms with Crippen LogP contribution in [0.2, 0.25) is 5.02 Å². The molecule has 7 heteroatoms. The molecule has 1 heterocycles. The first-order chi connectivity index (χ1) is 12.1. The Bertz CT molecular complexity index is 689. The van der Waals surface area contributed by atoms with Crippen LogP contribution in [0.25, 0.3) is 0 Å². The van der Waals surface area contributed by atoms with E-state index in [4.69, 9.17) is 11.6 Å². The van der Waals surface area contributed by atoms with Gasteiger partial charge in [0, 0.05) is 35.8 Å². The van der Waals surface area contributed by atoms with Crippen molar-refractivity contribution >= 4 is 42.3 Å². The molecule has 0 saturated heterocycles. The number of thiol groups is 1. The van der Waals surface area contributed by atoms with Gasteiger partial charge in [-0.05, 0) is 43.9 Å². The molecule has 0 aromatic heterocycles. The van der Waals surface area contributed by atoms with Crippen molar-refractivity contribution in [2.45, 2.75) is 30.6 Å². The van der Waals surface area contributed by atoms with Crippen LogP contribution in [-0.4, -0.2) is 37.7 Å². The molecular weight excluding hydrogens is 358 g/mol. The molecule has 0 fully saturated rings. The van der Waals surface area contributed by atoms with Gasteiger partial charge in [0.15, 0.2) is 0 Å². The standard InChI is InChI=1S/C18H22ClN3O2S/c19-14-6-7-16(25)15(11-14)18(24)22-10-3-1-2-9-21-17(23)13-5-4-8-20-12-13/h5-7,11-12,25H,1-4,8-10H2,(H,21,23)(H,22,24). The van der Waals surface area contributed by atoms with E-state index in [-0.39, 0.29) is 11.8 Å². The number of unbranched alkanes of at least 4 members (excludes halogenated alkanes) is 2. The number of carbonyl (C=O) groups is 2. The van der Waals surface area contributed by atoms with Crippen molar-refractivity contribution < 1.29 is 9.59 Å². The molecule has 25 heavy (non-hydrogen) atoms. The van der Waals surface area contributed by atoms with Crippen LogP contribution < -0.4 is 10.6 Å². The molecule has 134 valence electrons. The van der Waals surface area contributed by atoms with Crippen LogP contribution in [0.3, 0.4) is 0 Å². The van der Waals surface area contributed by atoms with Crippen LogP contribution in [0.4, 0.5) is 0 Å². The van der Waals surface area contributed by atoms with Crippen molar-refractivity contribution in [3.05, 3.63) is 40.4 Å². The fourth-order valence-corrected chi connectivity index (χ4v) is 2.79. The Balaban J connectivity index is 1.58. The van der Waals surface area contributed by atoms with E-state index in [1.807, 2.05) is 6.08 Å². The smallest absolute Gasteiger partial charge is 0.252 e. The van der Waals surface area contributed by atoms with E-state index >= 15 is 0 Å². The van der Waals surface area contributed by atoms with Gasteiger partial charge in [-0.2, -0.15) is 0 Å². The lowest BCUT2D eigenvalue weighted by Crippen LogP contribution is -2.28. The van der Waals surface area contributed by atoms with Gasteiger partial charge in [0.2, 0.25) is 0 Å². The summed E-state index contributed by atoms with van der Waals surface area (Å²) in [6, 6.07) is 5.01. The third-order valence-electron chi connectivity index (χ3n) is 3.74. The summed E-state index contributed by atoms with van der Waals surface area (Å²) >= 11 is 10.2. The quantitative estimate of drug-likeness (QED) is 0.480. The summed E-state index contributed by atoms with van der Waals surface area (Å²) in [4.78, 5) is 28.6. The third kappa shape index (κ3) is 6.55. The Kier molecular flexibility index (Phi) is 8.01. The molecule has 1 aliphatic rings. The molecule has 2 amide bonds. The minimum atomic E-state index is -0.177. The molecule has 0 aliphatic carbocycles. The minimum Gasteiger partial charge on any atom is -0.352 e. The number of nitrogens with one attached hydrogen (secondary N) is 2. The predicted octanol–water partition coefficient (Wildman–Crippen LogP) is 3.05. The number of carbonyl (C=O) groups excluding carboxylic acids is 2. The van der Waals surface area contributed by atoms with Crippen molar-refractivity contribution in [2.75, 3.05) is 19.6 Å². The number of hydrogen-bond donors (Lipinski definition) is 3. The second kappa shape index (κ2) is 10.3. The first-order valence-electron chi connectivity index (χ1n) is 8.33. The summed E-state index contributed by atoms with van der Waals surface area (Å²) < 4.78 is 0. The van der Waals surface area contributed by atoms with Crippen LogP contribution in [0.5, 0.6) is 0 Å². The summed E-state index contributed by atoms with van der Waals surface area (Å²) in [6.07, 6.45) is 6.97. The number of rotatable bonds is 8. The van der Waals surface area contributed by atoms with Gasteiger partial charge in [0.1, 0.15) is 0 Å². The van der Waals surface area contributed by atoms with Gasteiger partial charge in [-0.25, -0.2) is 0 Å². The molecule has 0 atom stereocenters. The molecule has 0 unspecified atom stereocenters. The maximum Gasteiger partial charge on any atom is 0.252 e. The lowest BCUT2D eigenvalue weighted by atomic mass is 10.1. The van der Waals surface area contributed by atoms with Gasteiger partial charge < -0.3 is 10.6 Å². The molecule has 1 aliphatic heterocycles.